The van der Waals surface area contributed by atoms with Crippen molar-refractivity contribution < 1.29 is 38.7 Å². The van der Waals surface area contributed by atoms with E-state index in [0.29, 0.717) is 0 Å². The van der Waals surface area contributed by atoms with Gasteiger partial charge in [-0.3, -0.25) is 33.6 Å². The minimum atomic E-state index is -1.51. The molecule has 3 atom stereocenters. The third kappa shape index (κ3) is 11.7. The number of primary amides is 2. The third-order valence-electron chi connectivity index (χ3n) is 3.73. The first-order valence-corrected chi connectivity index (χ1v) is 9.03. The SMILES string of the molecule is CC(NC(=O)C(CCC(N)=O)NC(=O)C(CC(N)=O)NC(=O)CNC(=O)CN)C(=O)O. The van der Waals surface area contributed by atoms with Crippen molar-refractivity contribution in [2.75, 3.05) is 13.1 Å². The van der Waals surface area contributed by atoms with Crippen molar-refractivity contribution in [3.05, 3.63) is 0 Å². The van der Waals surface area contributed by atoms with Crippen LogP contribution in [0.1, 0.15) is 26.2 Å². The lowest BCUT2D eigenvalue weighted by molar-refractivity contribution is -0.142. The largest absolute Gasteiger partial charge is 0.480 e. The van der Waals surface area contributed by atoms with Gasteiger partial charge < -0.3 is 43.6 Å². The van der Waals surface area contributed by atoms with Gasteiger partial charge in [-0.15, -0.1) is 0 Å². The van der Waals surface area contributed by atoms with Crippen LogP contribution < -0.4 is 38.5 Å². The quantitative estimate of drug-likeness (QED) is 0.127. The second-order valence-corrected chi connectivity index (χ2v) is 6.41. The van der Waals surface area contributed by atoms with Crippen LogP contribution in [-0.4, -0.2) is 77.7 Å². The molecule has 0 saturated heterocycles. The first kappa shape index (κ1) is 27.2. The van der Waals surface area contributed by atoms with Crippen molar-refractivity contribution in [1.82, 2.24) is 21.3 Å². The molecule has 0 spiro atoms. The highest BCUT2D eigenvalue weighted by molar-refractivity contribution is 5.96. The van der Waals surface area contributed by atoms with E-state index >= 15 is 0 Å². The topological polar surface area (TPSA) is 266 Å². The Morgan fingerprint density at radius 2 is 1.42 bits per heavy atom. The van der Waals surface area contributed by atoms with E-state index in [9.17, 15) is 33.6 Å². The van der Waals surface area contributed by atoms with Gasteiger partial charge in [0.05, 0.1) is 19.5 Å². The van der Waals surface area contributed by atoms with Gasteiger partial charge in [0.25, 0.3) is 0 Å². The minimum absolute atomic E-state index is 0.275. The van der Waals surface area contributed by atoms with E-state index in [1.807, 2.05) is 0 Å². The fraction of sp³-hybridized carbons (Fsp3) is 0.562. The number of nitrogens with two attached hydrogens (primary N) is 3. The second kappa shape index (κ2) is 13.5. The fourth-order valence-corrected chi connectivity index (χ4v) is 2.11. The first-order valence-electron chi connectivity index (χ1n) is 9.03. The van der Waals surface area contributed by atoms with Gasteiger partial charge in [0.2, 0.25) is 35.4 Å². The zero-order valence-corrected chi connectivity index (χ0v) is 16.8. The van der Waals surface area contributed by atoms with E-state index in [2.05, 4.69) is 21.3 Å². The van der Waals surface area contributed by atoms with Crippen molar-refractivity contribution in [1.29, 1.82) is 0 Å². The maximum atomic E-state index is 12.5. The van der Waals surface area contributed by atoms with Crippen LogP contribution in [0.15, 0.2) is 0 Å². The van der Waals surface area contributed by atoms with Crippen LogP contribution in [-0.2, 0) is 33.6 Å². The normalized spacial score (nSPS) is 13.1. The first-order chi connectivity index (χ1) is 14.4. The molecule has 0 aromatic heterocycles. The Hall–Kier alpha value is -3.75. The lowest BCUT2D eigenvalue weighted by Crippen LogP contribution is -2.57. The molecule has 6 amide bonds. The smallest absolute Gasteiger partial charge is 0.325 e. The van der Waals surface area contributed by atoms with E-state index in [1.165, 1.54) is 6.92 Å². The molecule has 0 saturated carbocycles. The van der Waals surface area contributed by atoms with E-state index in [-0.39, 0.29) is 19.4 Å². The molecular formula is C16H27N7O8. The van der Waals surface area contributed by atoms with Crippen molar-refractivity contribution in [3.63, 3.8) is 0 Å². The number of rotatable bonds is 14. The van der Waals surface area contributed by atoms with Gasteiger partial charge in [-0.05, 0) is 13.3 Å². The predicted molar refractivity (Wildman–Crippen MR) is 103 cm³/mol. The lowest BCUT2D eigenvalue weighted by atomic mass is 10.1. The Morgan fingerprint density at radius 1 is 0.839 bits per heavy atom. The fourth-order valence-electron chi connectivity index (χ4n) is 2.11. The highest BCUT2D eigenvalue weighted by Crippen LogP contribution is 2.02. The molecule has 0 heterocycles. The number of carbonyl (C=O) groups is 7. The number of aliphatic carboxylic acids is 1. The highest BCUT2D eigenvalue weighted by atomic mass is 16.4. The van der Waals surface area contributed by atoms with Gasteiger partial charge in [0, 0.05) is 6.42 Å². The molecule has 0 radical (unpaired) electrons. The molecule has 0 fully saturated rings. The van der Waals surface area contributed by atoms with E-state index in [4.69, 9.17) is 22.3 Å². The minimum Gasteiger partial charge on any atom is -0.480 e. The van der Waals surface area contributed by atoms with Crippen LogP contribution in [0.4, 0.5) is 0 Å². The predicted octanol–water partition coefficient (Wildman–Crippen LogP) is -5.24. The van der Waals surface area contributed by atoms with Gasteiger partial charge in [-0.25, -0.2) is 0 Å². The summed E-state index contributed by atoms with van der Waals surface area (Å²) in [5, 5.41) is 17.6. The van der Waals surface area contributed by atoms with Gasteiger partial charge >= 0.3 is 5.97 Å². The Balaban J connectivity index is 5.30. The summed E-state index contributed by atoms with van der Waals surface area (Å²) in [4.78, 5) is 81.1. The van der Waals surface area contributed by atoms with Gasteiger partial charge in [-0.1, -0.05) is 0 Å². The molecule has 31 heavy (non-hydrogen) atoms. The lowest BCUT2D eigenvalue weighted by Gasteiger charge is -2.23. The van der Waals surface area contributed by atoms with Crippen molar-refractivity contribution in [3.8, 4) is 0 Å². The van der Waals surface area contributed by atoms with Crippen LogP contribution in [0.2, 0.25) is 0 Å². The average molecular weight is 445 g/mol. The Kier molecular flexibility index (Phi) is 11.8. The van der Waals surface area contributed by atoms with Crippen LogP contribution >= 0.6 is 0 Å². The summed E-state index contributed by atoms with van der Waals surface area (Å²) in [6, 6.07) is -4.21. The van der Waals surface area contributed by atoms with Crippen LogP contribution in [0.25, 0.3) is 0 Å². The molecule has 15 heteroatoms. The molecule has 0 aliphatic carbocycles. The Labute approximate surface area is 176 Å². The maximum absolute atomic E-state index is 12.5. The molecule has 3 unspecified atom stereocenters. The summed E-state index contributed by atoms with van der Waals surface area (Å²) in [5.74, 6) is -6.50. The molecule has 0 bridgehead atoms. The van der Waals surface area contributed by atoms with Crippen LogP contribution in [0.3, 0.4) is 0 Å². The number of carboxylic acids is 1. The zero-order valence-electron chi connectivity index (χ0n) is 16.8. The van der Waals surface area contributed by atoms with Gasteiger partial charge in [0.1, 0.15) is 18.1 Å². The number of hydrogen-bond acceptors (Lipinski definition) is 8. The molecular weight excluding hydrogens is 418 g/mol. The van der Waals surface area contributed by atoms with E-state index in [1.54, 1.807) is 0 Å². The number of carbonyl (C=O) groups excluding carboxylic acids is 6. The monoisotopic (exact) mass is 445 g/mol. The van der Waals surface area contributed by atoms with Crippen molar-refractivity contribution in [2.45, 2.75) is 44.3 Å². The summed E-state index contributed by atoms with van der Waals surface area (Å²) in [7, 11) is 0. The van der Waals surface area contributed by atoms with Crippen LogP contribution in [0.5, 0.6) is 0 Å². The van der Waals surface area contributed by atoms with E-state index < -0.39 is 72.5 Å². The molecule has 174 valence electrons. The third-order valence-corrected chi connectivity index (χ3v) is 3.73. The summed E-state index contributed by atoms with van der Waals surface area (Å²) >= 11 is 0. The molecule has 15 nitrogen and oxygen atoms in total. The van der Waals surface area contributed by atoms with Crippen molar-refractivity contribution >= 4 is 41.4 Å². The van der Waals surface area contributed by atoms with Gasteiger partial charge in [-0.2, -0.15) is 0 Å². The highest BCUT2D eigenvalue weighted by Gasteiger charge is 2.29. The van der Waals surface area contributed by atoms with Crippen LogP contribution in [0, 0.1) is 0 Å². The maximum Gasteiger partial charge on any atom is 0.325 e. The Bertz CT molecular complexity index is 727. The number of amides is 6. The molecule has 0 aliphatic rings. The standard InChI is InChI=1S/C16H27N7O8/c1-7(16(30)31)21-14(28)8(2-3-10(18)24)23-15(29)9(4-11(19)25)22-13(27)6-20-12(26)5-17/h7-9H,2-6,17H2,1H3,(H2,18,24)(H2,19,25)(H,20,26)(H,21,28)(H,22,27)(H,23,29)(H,30,31). The summed E-state index contributed by atoms with van der Waals surface area (Å²) in [6.45, 7) is 0.267. The summed E-state index contributed by atoms with van der Waals surface area (Å²) in [5.41, 5.74) is 15.2. The van der Waals surface area contributed by atoms with E-state index in [0.717, 1.165) is 0 Å². The Morgan fingerprint density at radius 3 is 1.90 bits per heavy atom. The zero-order chi connectivity index (χ0) is 24.1. The number of carboxylic acid groups (broad SMARTS) is 1. The summed E-state index contributed by atoms with van der Waals surface area (Å²) in [6.07, 6.45) is -1.24. The number of hydrogen-bond donors (Lipinski definition) is 8. The van der Waals surface area contributed by atoms with Crippen molar-refractivity contribution in [2.24, 2.45) is 17.2 Å². The summed E-state index contributed by atoms with van der Waals surface area (Å²) < 4.78 is 0. The molecule has 0 aromatic carbocycles. The number of nitrogens with one attached hydrogen (secondary N) is 4. The average Bonchev–Trinajstić information content (AvgIpc) is 2.67. The second-order valence-electron chi connectivity index (χ2n) is 6.41. The molecule has 0 aromatic rings. The molecule has 0 aliphatic heterocycles. The molecule has 0 rings (SSSR count). The molecule has 11 N–H and O–H groups in total. The van der Waals surface area contributed by atoms with Gasteiger partial charge in [0.15, 0.2) is 0 Å².